The van der Waals surface area contributed by atoms with Crippen molar-refractivity contribution in [2.24, 2.45) is 4.99 Å². The number of carbonyl (C=O) groups is 1. The molecule has 0 spiro atoms. The van der Waals surface area contributed by atoms with Gasteiger partial charge in [-0.25, -0.2) is 9.79 Å². The number of nitrogens with zero attached hydrogens (tertiary/aromatic N) is 2. The van der Waals surface area contributed by atoms with Gasteiger partial charge in [0.25, 0.3) is 0 Å². The molecule has 11 heavy (non-hydrogen) atoms. The van der Waals surface area contributed by atoms with Crippen molar-refractivity contribution in [1.82, 2.24) is 4.90 Å². The molecule has 1 aliphatic heterocycles. The van der Waals surface area contributed by atoms with Crippen LogP contribution in [0, 0.1) is 0 Å². The molecule has 1 N–H and O–H groups in total. The number of amides is 1. The van der Waals surface area contributed by atoms with Crippen molar-refractivity contribution in [2.75, 3.05) is 0 Å². The van der Waals surface area contributed by atoms with Crippen LogP contribution in [0.15, 0.2) is 16.8 Å². The Morgan fingerprint density at radius 1 is 1.82 bits per heavy atom. The van der Waals surface area contributed by atoms with Gasteiger partial charge in [0.2, 0.25) is 0 Å². The number of rotatable bonds is 0. The summed E-state index contributed by atoms with van der Waals surface area (Å²) >= 11 is 0. The lowest BCUT2D eigenvalue weighted by atomic mass is 10.2. The predicted octanol–water partition coefficient (Wildman–Crippen LogP) is 1.30. The van der Waals surface area contributed by atoms with Crippen LogP contribution in [-0.4, -0.2) is 28.5 Å². The SMILES string of the molecule is CC1=CC(C)N(C(=O)O)C=N1. The minimum atomic E-state index is -0.968. The molecule has 1 rings (SSSR count). The summed E-state index contributed by atoms with van der Waals surface area (Å²) in [7, 11) is 0. The lowest BCUT2D eigenvalue weighted by Gasteiger charge is -2.22. The molecular formula is C7H10N2O2. The molecular weight excluding hydrogens is 144 g/mol. The molecule has 0 aromatic heterocycles. The van der Waals surface area contributed by atoms with Gasteiger partial charge in [0.1, 0.15) is 6.34 Å². The zero-order valence-corrected chi connectivity index (χ0v) is 6.48. The minimum absolute atomic E-state index is 0.106. The Balaban J connectivity index is 2.77. The van der Waals surface area contributed by atoms with E-state index in [0.29, 0.717) is 0 Å². The molecule has 0 saturated heterocycles. The molecule has 0 aromatic carbocycles. The molecule has 4 nitrogen and oxygen atoms in total. The third-order valence-corrected chi connectivity index (χ3v) is 1.53. The smallest absolute Gasteiger partial charge is 0.413 e. The number of allylic oxidation sites excluding steroid dienone is 1. The van der Waals surface area contributed by atoms with Gasteiger partial charge in [0, 0.05) is 5.70 Å². The molecule has 1 unspecified atom stereocenters. The maximum atomic E-state index is 10.5. The Bertz CT molecular complexity index is 233. The Kier molecular flexibility index (Phi) is 1.94. The second kappa shape index (κ2) is 2.74. The van der Waals surface area contributed by atoms with E-state index < -0.39 is 6.09 Å². The summed E-state index contributed by atoms with van der Waals surface area (Å²) < 4.78 is 0. The van der Waals surface area contributed by atoms with Crippen LogP contribution in [0.1, 0.15) is 13.8 Å². The Morgan fingerprint density at radius 3 is 2.91 bits per heavy atom. The lowest BCUT2D eigenvalue weighted by Crippen LogP contribution is -2.36. The molecule has 0 aromatic rings. The summed E-state index contributed by atoms with van der Waals surface area (Å²) in [5.74, 6) is 0. The molecule has 0 aliphatic carbocycles. The number of carboxylic acid groups (broad SMARTS) is 1. The zero-order chi connectivity index (χ0) is 8.43. The first kappa shape index (κ1) is 7.78. The van der Waals surface area contributed by atoms with Gasteiger partial charge >= 0.3 is 6.09 Å². The highest BCUT2D eigenvalue weighted by Crippen LogP contribution is 2.09. The number of hydrogen-bond acceptors (Lipinski definition) is 2. The molecule has 1 atom stereocenters. The second-order valence-corrected chi connectivity index (χ2v) is 2.48. The van der Waals surface area contributed by atoms with E-state index in [2.05, 4.69) is 4.99 Å². The fourth-order valence-corrected chi connectivity index (χ4v) is 0.954. The second-order valence-electron chi connectivity index (χ2n) is 2.48. The summed E-state index contributed by atoms with van der Waals surface area (Å²) in [5, 5.41) is 8.60. The predicted molar refractivity (Wildman–Crippen MR) is 41.6 cm³/mol. The fraction of sp³-hybridized carbons (Fsp3) is 0.429. The van der Waals surface area contributed by atoms with Crippen molar-refractivity contribution in [3.8, 4) is 0 Å². The third-order valence-electron chi connectivity index (χ3n) is 1.53. The fourth-order valence-electron chi connectivity index (χ4n) is 0.954. The van der Waals surface area contributed by atoms with Crippen molar-refractivity contribution in [2.45, 2.75) is 19.9 Å². The molecule has 60 valence electrons. The van der Waals surface area contributed by atoms with Gasteiger partial charge in [-0.1, -0.05) is 0 Å². The van der Waals surface area contributed by atoms with E-state index >= 15 is 0 Å². The van der Waals surface area contributed by atoms with E-state index in [-0.39, 0.29) is 6.04 Å². The van der Waals surface area contributed by atoms with E-state index in [1.165, 1.54) is 6.34 Å². The Labute approximate surface area is 64.8 Å². The van der Waals surface area contributed by atoms with Crippen molar-refractivity contribution >= 4 is 12.4 Å². The van der Waals surface area contributed by atoms with Crippen LogP contribution in [0.4, 0.5) is 4.79 Å². The van der Waals surface area contributed by atoms with Crippen molar-refractivity contribution < 1.29 is 9.90 Å². The van der Waals surface area contributed by atoms with Gasteiger partial charge in [-0.05, 0) is 19.9 Å². The largest absolute Gasteiger partial charge is 0.465 e. The van der Waals surface area contributed by atoms with Crippen LogP contribution in [0.2, 0.25) is 0 Å². The van der Waals surface area contributed by atoms with E-state index in [1.807, 2.05) is 13.8 Å². The van der Waals surface area contributed by atoms with E-state index in [1.54, 1.807) is 6.08 Å². The first-order chi connectivity index (χ1) is 5.11. The number of aliphatic imine (C=N–C) groups is 1. The van der Waals surface area contributed by atoms with E-state index in [0.717, 1.165) is 10.6 Å². The summed E-state index contributed by atoms with van der Waals surface area (Å²) in [6.45, 7) is 3.65. The van der Waals surface area contributed by atoms with Crippen molar-refractivity contribution in [3.63, 3.8) is 0 Å². The van der Waals surface area contributed by atoms with Gasteiger partial charge in [0.05, 0.1) is 6.04 Å². The van der Waals surface area contributed by atoms with E-state index in [4.69, 9.17) is 5.11 Å². The first-order valence-electron chi connectivity index (χ1n) is 3.35. The summed E-state index contributed by atoms with van der Waals surface area (Å²) in [4.78, 5) is 15.5. The average molecular weight is 154 g/mol. The average Bonchev–Trinajstić information content (AvgIpc) is 1.85. The molecule has 1 aliphatic rings. The zero-order valence-electron chi connectivity index (χ0n) is 6.48. The van der Waals surface area contributed by atoms with Crippen LogP contribution in [0.25, 0.3) is 0 Å². The lowest BCUT2D eigenvalue weighted by molar-refractivity contribution is 0.165. The van der Waals surface area contributed by atoms with Crippen molar-refractivity contribution in [1.29, 1.82) is 0 Å². The highest BCUT2D eigenvalue weighted by molar-refractivity contribution is 5.82. The van der Waals surface area contributed by atoms with Crippen LogP contribution in [0.3, 0.4) is 0 Å². The normalized spacial score (nSPS) is 23.3. The van der Waals surface area contributed by atoms with Gasteiger partial charge < -0.3 is 5.11 Å². The highest BCUT2D eigenvalue weighted by atomic mass is 16.4. The molecule has 1 amide bonds. The van der Waals surface area contributed by atoms with Crippen LogP contribution < -0.4 is 0 Å². The third kappa shape index (κ3) is 1.58. The van der Waals surface area contributed by atoms with Crippen LogP contribution >= 0.6 is 0 Å². The summed E-state index contributed by atoms with van der Waals surface area (Å²) in [6.07, 6.45) is 2.17. The molecule has 0 fully saturated rings. The summed E-state index contributed by atoms with van der Waals surface area (Å²) in [6, 6.07) is -0.106. The highest BCUT2D eigenvalue weighted by Gasteiger charge is 2.17. The van der Waals surface area contributed by atoms with Crippen molar-refractivity contribution in [3.05, 3.63) is 11.8 Å². The van der Waals surface area contributed by atoms with Gasteiger partial charge in [-0.15, -0.1) is 0 Å². The maximum absolute atomic E-state index is 10.5. The standard InChI is InChI=1S/C7H10N2O2/c1-5-3-6(2)9(4-8-5)7(10)11/h3-4,6H,1-2H3,(H,10,11). The minimum Gasteiger partial charge on any atom is -0.465 e. The topological polar surface area (TPSA) is 52.9 Å². The first-order valence-corrected chi connectivity index (χ1v) is 3.35. The maximum Gasteiger partial charge on any atom is 0.413 e. The van der Waals surface area contributed by atoms with Gasteiger partial charge in [-0.2, -0.15) is 0 Å². The monoisotopic (exact) mass is 154 g/mol. The summed E-state index contributed by atoms with van der Waals surface area (Å²) in [5.41, 5.74) is 0.856. The van der Waals surface area contributed by atoms with Crippen LogP contribution in [0.5, 0.6) is 0 Å². The molecule has 1 heterocycles. The molecule has 4 heteroatoms. The van der Waals surface area contributed by atoms with Gasteiger partial charge in [-0.3, -0.25) is 4.90 Å². The molecule has 0 radical (unpaired) electrons. The Morgan fingerprint density at radius 2 is 2.45 bits per heavy atom. The molecule has 0 bridgehead atoms. The van der Waals surface area contributed by atoms with Gasteiger partial charge in [0.15, 0.2) is 0 Å². The van der Waals surface area contributed by atoms with Crippen LogP contribution in [-0.2, 0) is 0 Å². The number of hydrogen-bond donors (Lipinski definition) is 1. The Hall–Kier alpha value is -1.32. The quantitative estimate of drug-likeness (QED) is 0.571. The molecule has 0 saturated carbocycles. The van der Waals surface area contributed by atoms with E-state index in [9.17, 15) is 4.79 Å².